The van der Waals surface area contributed by atoms with Crippen LogP contribution in [0.5, 0.6) is 0 Å². The lowest BCUT2D eigenvalue weighted by molar-refractivity contribution is 0.394. The van der Waals surface area contributed by atoms with Crippen LogP contribution in [0.3, 0.4) is 0 Å². The largest absolute Gasteiger partial charge is 0.135 e. The minimum atomic E-state index is -0.233. The van der Waals surface area contributed by atoms with E-state index in [1.165, 1.54) is 308 Å². The van der Waals surface area contributed by atoms with Gasteiger partial charge in [-0.05, 0) is 208 Å². The van der Waals surface area contributed by atoms with Gasteiger partial charge in [0.05, 0.1) is 0 Å². The highest BCUT2D eigenvalue weighted by Gasteiger charge is 2.51. The normalized spacial score (nSPS) is 15.2. The second kappa shape index (κ2) is 28.6. The number of thiophene rings is 2. The van der Waals surface area contributed by atoms with E-state index in [9.17, 15) is 0 Å². The van der Waals surface area contributed by atoms with Crippen molar-refractivity contribution < 1.29 is 0 Å². The fourth-order valence-electron chi connectivity index (χ4n) is 21.1. The number of unbranched alkanes of at least 4 members (excludes halogenated alkanes) is 20. The molecule has 11 aromatic carbocycles. The lowest BCUT2D eigenvalue weighted by atomic mass is 9.68. The molecule has 0 nitrogen and oxygen atoms in total. The molecule has 2 heteroatoms. The summed E-state index contributed by atoms with van der Waals surface area (Å²) in [4.78, 5) is 0. The predicted octanol–water partition coefficient (Wildman–Crippen LogP) is 32.2. The third-order valence-corrected chi connectivity index (χ3v) is 29.1. The van der Waals surface area contributed by atoms with Gasteiger partial charge in [0.25, 0.3) is 0 Å². The molecule has 4 aliphatic rings. The zero-order chi connectivity index (χ0) is 70.9. The topological polar surface area (TPSA) is 0 Å². The Labute approximate surface area is 630 Å². The molecule has 0 amide bonds. The Morgan fingerprint density at radius 3 is 0.837 bits per heavy atom. The van der Waals surface area contributed by atoms with Crippen LogP contribution in [0.2, 0.25) is 0 Å². The van der Waals surface area contributed by atoms with Crippen LogP contribution < -0.4 is 0 Å². The molecular formula is C102H110S2. The van der Waals surface area contributed by atoms with Crippen molar-refractivity contribution in [3.05, 3.63) is 226 Å². The first-order valence-electron chi connectivity index (χ1n) is 41.5. The zero-order valence-electron chi connectivity index (χ0n) is 63.9. The molecule has 0 unspecified atom stereocenters. The Kier molecular flexibility index (Phi) is 19.1. The molecule has 0 fully saturated rings. The molecule has 13 aromatic rings. The zero-order valence-corrected chi connectivity index (χ0v) is 65.6. The van der Waals surface area contributed by atoms with Crippen LogP contribution in [-0.2, 0) is 21.7 Å². The Hall–Kier alpha value is -7.62. The van der Waals surface area contributed by atoms with Crippen molar-refractivity contribution in [3.8, 4) is 66.8 Å². The SMILES string of the molecule is CCCCCCCCC1(CCCCCCCC)c2cc3c(cc2-c2cc4c(cc21)-c1cc2c(cc1C4(CCCCCCCC)CCCCCCCC)-c1c(cc(-c4cccc5c4sc4ccccc45)c4ccccc14)C2(C)C)C(C)(C)c1cc(-c2cccc4c2sc2ccccc24)c2ccccc2c1-3. The smallest absolute Gasteiger partial charge is 0.0434 e. The molecule has 0 saturated heterocycles. The summed E-state index contributed by atoms with van der Waals surface area (Å²) in [6.07, 6.45) is 36.2. The van der Waals surface area contributed by atoms with Gasteiger partial charge in [0.2, 0.25) is 0 Å². The highest BCUT2D eigenvalue weighted by molar-refractivity contribution is 7.26. The van der Waals surface area contributed by atoms with Gasteiger partial charge in [0, 0.05) is 73.1 Å². The first-order chi connectivity index (χ1) is 50.9. The molecule has 0 radical (unpaired) electrons. The second-order valence-electron chi connectivity index (χ2n) is 33.7. The third kappa shape index (κ3) is 11.4. The van der Waals surface area contributed by atoms with E-state index < -0.39 is 0 Å². The van der Waals surface area contributed by atoms with Crippen molar-refractivity contribution >= 4 is 84.6 Å². The van der Waals surface area contributed by atoms with Crippen LogP contribution in [0.1, 0.15) is 280 Å². The maximum atomic E-state index is 2.95. The van der Waals surface area contributed by atoms with E-state index in [0.29, 0.717) is 0 Å². The van der Waals surface area contributed by atoms with Crippen LogP contribution in [0, 0.1) is 0 Å². The van der Waals surface area contributed by atoms with Gasteiger partial charge < -0.3 is 0 Å². The van der Waals surface area contributed by atoms with E-state index in [1.54, 1.807) is 44.5 Å². The number of benzene rings is 11. The summed E-state index contributed by atoms with van der Waals surface area (Å²) >= 11 is 3.93. The van der Waals surface area contributed by atoms with Crippen LogP contribution in [0.25, 0.3) is 129 Å². The number of hydrogen-bond acceptors (Lipinski definition) is 2. The summed E-state index contributed by atoms with van der Waals surface area (Å²) in [7, 11) is 0. The van der Waals surface area contributed by atoms with Gasteiger partial charge in [-0.25, -0.2) is 0 Å². The molecule has 0 N–H and O–H groups in total. The quantitative estimate of drug-likeness (QED) is 0.0394. The lowest BCUT2D eigenvalue weighted by Crippen LogP contribution is -2.27. The summed E-state index contributed by atoms with van der Waals surface area (Å²) in [6, 6.07) is 74.0. The molecule has 17 rings (SSSR count). The summed E-state index contributed by atoms with van der Waals surface area (Å²) < 4.78 is 5.52. The number of fused-ring (bicyclic) bond motifs is 22. The van der Waals surface area contributed by atoms with Crippen molar-refractivity contribution in [3.63, 3.8) is 0 Å². The van der Waals surface area contributed by atoms with Gasteiger partial charge in [0.1, 0.15) is 0 Å². The van der Waals surface area contributed by atoms with Gasteiger partial charge in [-0.15, -0.1) is 22.7 Å². The first-order valence-corrected chi connectivity index (χ1v) is 43.1. The Bertz CT molecular complexity index is 5050. The van der Waals surface area contributed by atoms with E-state index in [0.717, 1.165) is 0 Å². The Morgan fingerprint density at radius 2 is 0.490 bits per heavy atom. The monoisotopic (exact) mass is 1400 g/mol. The van der Waals surface area contributed by atoms with Crippen molar-refractivity contribution in [1.29, 1.82) is 0 Å². The average Bonchev–Trinajstić information content (AvgIpc) is 1.51. The van der Waals surface area contributed by atoms with Crippen molar-refractivity contribution in [2.75, 3.05) is 0 Å². The van der Waals surface area contributed by atoms with E-state index in [2.05, 4.69) is 237 Å². The van der Waals surface area contributed by atoms with Gasteiger partial charge >= 0.3 is 0 Å². The lowest BCUT2D eigenvalue weighted by Gasteiger charge is -2.35. The molecule has 0 atom stereocenters. The van der Waals surface area contributed by atoms with E-state index in [1.807, 2.05) is 22.7 Å². The van der Waals surface area contributed by atoms with Gasteiger partial charge in [-0.1, -0.05) is 331 Å². The predicted molar refractivity (Wildman–Crippen MR) is 458 cm³/mol. The Morgan fingerprint density at radius 1 is 0.221 bits per heavy atom. The molecule has 4 aliphatic carbocycles. The average molecular weight is 1400 g/mol. The van der Waals surface area contributed by atoms with E-state index in [-0.39, 0.29) is 21.7 Å². The number of hydrogen-bond donors (Lipinski definition) is 0. The molecule has 0 bridgehead atoms. The highest BCUT2D eigenvalue weighted by Crippen LogP contribution is 2.66. The van der Waals surface area contributed by atoms with Crippen molar-refractivity contribution in [2.45, 2.75) is 257 Å². The maximum absolute atomic E-state index is 2.95. The third-order valence-electron chi connectivity index (χ3n) is 26.7. The standard InChI is InChI=1S/C102H110S2/c1-9-13-17-21-25-37-55-101(56-38-26-22-18-14-10-2)87-63-82-80-62-86-84(96-72-48-32-30-44-68(72)78(60-92(96)100(86,7)8)76-52-42-50-74-70-46-34-36-54-94(70)104-98(74)76)66-90(80)102(57-39-27-23-19-15-11-3,58-40-28-24-20-16-12-4)88(82)64-81(87)79-61-85-83(65-89(79)101)95-71-47-31-29-43-67(71)77(59-91(95)99(85,5)6)75-51-41-49-73-69-45-33-35-53-93(69)103-97(73)75/h29-36,41-54,59-66H,9-28,37-40,55-58H2,1-8H3. The summed E-state index contributed by atoms with van der Waals surface area (Å²) in [5, 5.41) is 11.0. The van der Waals surface area contributed by atoms with Gasteiger partial charge in [-0.2, -0.15) is 0 Å². The molecule has 530 valence electrons. The summed E-state index contributed by atoms with van der Waals surface area (Å²) in [5.41, 5.74) is 29.5. The minimum absolute atomic E-state index is 0.119. The van der Waals surface area contributed by atoms with Crippen molar-refractivity contribution in [1.82, 2.24) is 0 Å². The van der Waals surface area contributed by atoms with E-state index >= 15 is 0 Å². The summed E-state index contributed by atoms with van der Waals surface area (Å²) in [5.74, 6) is 0. The summed E-state index contributed by atoms with van der Waals surface area (Å²) in [6.45, 7) is 19.8. The maximum Gasteiger partial charge on any atom is 0.0434 e. The molecule has 2 aromatic heterocycles. The molecule has 104 heavy (non-hydrogen) atoms. The molecule has 0 spiro atoms. The molecule has 0 aliphatic heterocycles. The second-order valence-corrected chi connectivity index (χ2v) is 35.8. The van der Waals surface area contributed by atoms with Crippen LogP contribution >= 0.6 is 22.7 Å². The Balaban J connectivity index is 0.884. The fraction of sp³-hybridized carbons (Fsp3) is 0.392. The molecule has 0 saturated carbocycles. The highest BCUT2D eigenvalue weighted by atomic mass is 32.1. The van der Waals surface area contributed by atoms with Gasteiger partial charge in [-0.3, -0.25) is 0 Å². The van der Waals surface area contributed by atoms with Crippen molar-refractivity contribution in [2.24, 2.45) is 0 Å². The van der Waals surface area contributed by atoms with Crippen LogP contribution in [-0.4, -0.2) is 0 Å². The van der Waals surface area contributed by atoms with E-state index in [4.69, 9.17) is 0 Å². The first kappa shape index (κ1) is 69.4. The molecule has 2 heterocycles. The van der Waals surface area contributed by atoms with Crippen LogP contribution in [0.15, 0.2) is 182 Å². The molecular weight excluding hydrogens is 1290 g/mol. The fourth-order valence-corrected chi connectivity index (χ4v) is 23.6. The van der Waals surface area contributed by atoms with Gasteiger partial charge in [0.15, 0.2) is 0 Å². The van der Waals surface area contributed by atoms with Crippen LogP contribution in [0.4, 0.5) is 0 Å². The number of rotatable bonds is 30. The minimum Gasteiger partial charge on any atom is -0.135 e.